The molecule has 0 atom stereocenters. The molecule has 1 saturated heterocycles. The summed E-state index contributed by atoms with van der Waals surface area (Å²) in [5.41, 5.74) is 3.19. The highest BCUT2D eigenvalue weighted by Crippen LogP contribution is 2.03. The third-order valence-corrected chi connectivity index (χ3v) is 2.94. The van der Waals surface area contributed by atoms with Crippen LogP contribution in [0.2, 0.25) is 0 Å². The Balaban J connectivity index is 2.28. The lowest BCUT2D eigenvalue weighted by Gasteiger charge is -2.19. The molecule has 0 bridgehead atoms. The molecule has 0 radical (unpaired) electrons. The quantitative estimate of drug-likeness (QED) is 0.755. The molecule has 0 saturated carbocycles. The summed E-state index contributed by atoms with van der Waals surface area (Å²) in [4.78, 5) is 4.84. The maximum Gasteiger partial charge on any atom is 0.0175 e. The van der Waals surface area contributed by atoms with Gasteiger partial charge in [0.05, 0.1) is 0 Å². The molecule has 0 amide bonds. The number of hydrogen-bond acceptors (Lipinski definition) is 2. The van der Waals surface area contributed by atoms with E-state index in [1.165, 1.54) is 6.42 Å². The van der Waals surface area contributed by atoms with Gasteiger partial charge in [0.25, 0.3) is 0 Å². The van der Waals surface area contributed by atoms with Crippen LogP contribution in [0.1, 0.15) is 6.42 Å². The van der Waals surface area contributed by atoms with Crippen molar-refractivity contribution in [3.63, 3.8) is 0 Å². The predicted octanol–water partition coefficient (Wildman–Crippen LogP) is 2.50. The Morgan fingerprint density at radius 3 is 1.67 bits per heavy atom. The number of rotatable bonds is 4. The Hall–Kier alpha value is -0.0200. The molecule has 15 heavy (non-hydrogen) atoms. The molecule has 0 spiro atoms. The topological polar surface area (TPSA) is 6.48 Å². The molecule has 1 heterocycles. The van der Waals surface area contributed by atoms with Crippen molar-refractivity contribution in [2.24, 2.45) is 0 Å². The molecule has 0 aromatic heterocycles. The summed E-state index contributed by atoms with van der Waals surface area (Å²) in [7, 11) is 0. The fourth-order valence-corrected chi connectivity index (χ4v) is 1.93. The number of hydrogen-bond donors (Lipinski definition) is 0. The zero-order chi connectivity index (χ0) is 10.9. The standard InChI is InChI=1S/C11H18Cl2N2/c12-4-1-6-14-8-3-9-15(11-10-14)7-2-5-13/h1-2,4-5H,3,6-11H2/b4-1+,5-2+. The van der Waals surface area contributed by atoms with Crippen LogP contribution in [0.5, 0.6) is 0 Å². The van der Waals surface area contributed by atoms with E-state index in [2.05, 4.69) is 9.80 Å². The summed E-state index contributed by atoms with van der Waals surface area (Å²) in [6, 6.07) is 0. The molecular formula is C11H18Cl2N2. The normalized spacial score (nSPS) is 21.5. The van der Waals surface area contributed by atoms with E-state index in [4.69, 9.17) is 23.2 Å². The fraction of sp³-hybridized carbons (Fsp3) is 0.636. The molecule has 1 aliphatic heterocycles. The summed E-state index contributed by atoms with van der Waals surface area (Å²) >= 11 is 11.0. The Labute approximate surface area is 102 Å². The van der Waals surface area contributed by atoms with Crippen LogP contribution in [0.25, 0.3) is 0 Å². The van der Waals surface area contributed by atoms with Gasteiger partial charge in [0, 0.05) is 37.2 Å². The average Bonchev–Trinajstić information content (AvgIpc) is 2.49. The molecule has 0 aromatic rings. The molecule has 2 nitrogen and oxygen atoms in total. The lowest BCUT2D eigenvalue weighted by atomic mass is 10.4. The van der Waals surface area contributed by atoms with Crippen molar-refractivity contribution in [3.8, 4) is 0 Å². The van der Waals surface area contributed by atoms with Gasteiger partial charge in [-0.1, -0.05) is 35.4 Å². The van der Waals surface area contributed by atoms with Crippen molar-refractivity contribution < 1.29 is 0 Å². The van der Waals surface area contributed by atoms with Crippen LogP contribution in [-0.2, 0) is 0 Å². The van der Waals surface area contributed by atoms with Crippen molar-refractivity contribution in [3.05, 3.63) is 23.2 Å². The van der Waals surface area contributed by atoms with Crippen molar-refractivity contribution in [1.82, 2.24) is 9.80 Å². The van der Waals surface area contributed by atoms with E-state index in [0.717, 1.165) is 39.3 Å². The molecular weight excluding hydrogens is 231 g/mol. The van der Waals surface area contributed by atoms with Gasteiger partial charge in [0.1, 0.15) is 0 Å². The zero-order valence-electron chi connectivity index (χ0n) is 8.91. The molecule has 0 unspecified atom stereocenters. The predicted molar refractivity (Wildman–Crippen MR) is 67.5 cm³/mol. The number of halogens is 2. The number of nitrogens with zero attached hydrogens (tertiary/aromatic N) is 2. The lowest BCUT2D eigenvalue weighted by molar-refractivity contribution is 0.286. The largest absolute Gasteiger partial charge is 0.298 e. The van der Waals surface area contributed by atoms with Gasteiger partial charge in [-0.2, -0.15) is 0 Å². The molecule has 0 N–H and O–H groups in total. The molecule has 1 fully saturated rings. The van der Waals surface area contributed by atoms with E-state index >= 15 is 0 Å². The third kappa shape index (κ3) is 5.57. The smallest absolute Gasteiger partial charge is 0.0175 e. The van der Waals surface area contributed by atoms with Crippen LogP contribution < -0.4 is 0 Å². The summed E-state index contributed by atoms with van der Waals surface area (Å²) in [6.45, 7) is 6.45. The van der Waals surface area contributed by atoms with Gasteiger partial charge in [0.15, 0.2) is 0 Å². The average molecular weight is 249 g/mol. The zero-order valence-corrected chi connectivity index (χ0v) is 10.4. The van der Waals surface area contributed by atoms with Gasteiger partial charge in [-0.3, -0.25) is 9.80 Å². The van der Waals surface area contributed by atoms with E-state index in [0.29, 0.717) is 0 Å². The minimum absolute atomic E-state index is 0.961. The van der Waals surface area contributed by atoms with Gasteiger partial charge in [-0.25, -0.2) is 0 Å². The first-order valence-electron chi connectivity index (χ1n) is 5.32. The Morgan fingerprint density at radius 2 is 1.27 bits per heavy atom. The summed E-state index contributed by atoms with van der Waals surface area (Å²) in [6.07, 6.45) is 5.21. The second kappa shape index (κ2) is 8.17. The SMILES string of the molecule is Cl/C=C/CN1CCCN(C/C=C/Cl)CC1. The van der Waals surface area contributed by atoms with Crippen LogP contribution in [-0.4, -0.2) is 49.1 Å². The summed E-state index contributed by atoms with van der Waals surface area (Å²) in [5, 5.41) is 0. The first-order valence-corrected chi connectivity index (χ1v) is 6.19. The van der Waals surface area contributed by atoms with E-state index in [1.54, 1.807) is 11.1 Å². The lowest BCUT2D eigenvalue weighted by Crippen LogP contribution is -2.31. The van der Waals surface area contributed by atoms with Crippen LogP contribution >= 0.6 is 23.2 Å². The maximum atomic E-state index is 5.52. The van der Waals surface area contributed by atoms with Gasteiger partial charge in [-0.15, -0.1) is 0 Å². The van der Waals surface area contributed by atoms with Gasteiger partial charge in [-0.05, 0) is 19.5 Å². The second-order valence-electron chi connectivity index (χ2n) is 3.68. The molecule has 1 aliphatic rings. The van der Waals surface area contributed by atoms with Crippen LogP contribution in [0.3, 0.4) is 0 Å². The van der Waals surface area contributed by atoms with Gasteiger partial charge in [0.2, 0.25) is 0 Å². The molecule has 0 aliphatic carbocycles. The Bertz CT molecular complexity index is 195. The molecule has 1 rings (SSSR count). The minimum atomic E-state index is 0.961. The fourth-order valence-electron chi connectivity index (χ4n) is 1.77. The van der Waals surface area contributed by atoms with Crippen LogP contribution in [0.15, 0.2) is 23.2 Å². The Kier molecular flexibility index (Phi) is 7.11. The second-order valence-corrected chi connectivity index (χ2v) is 4.18. The van der Waals surface area contributed by atoms with Crippen molar-refractivity contribution in [2.75, 3.05) is 39.3 Å². The Morgan fingerprint density at radius 1 is 0.800 bits per heavy atom. The minimum Gasteiger partial charge on any atom is -0.298 e. The monoisotopic (exact) mass is 248 g/mol. The maximum absolute atomic E-state index is 5.52. The highest BCUT2D eigenvalue weighted by atomic mass is 35.5. The van der Waals surface area contributed by atoms with E-state index in [9.17, 15) is 0 Å². The first-order chi connectivity index (χ1) is 7.36. The summed E-state index contributed by atoms with van der Waals surface area (Å²) < 4.78 is 0. The third-order valence-electron chi connectivity index (χ3n) is 2.59. The van der Waals surface area contributed by atoms with Crippen molar-refractivity contribution in [1.29, 1.82) is 0 Å². The van der Waals surface area contributed by atoms with Crippen molar-refractivity contribution >= 4 is 23.2 Å². The molecule has 0 aromatic carbocycles. The highest BCUT2D eigenvalue weighted by molar-refractivity contribution is 6.25. The van der Waals surface area contributed by atoms with E-state index in [1.807, 2.05) is 12.2 Å². The molecule has 4 heteroatoms. The van der Waals surface area contributed by atoms with E-state index in [-0.39, 0.29) is 0 Å². The van der Waals surface area contributed by atoms with Gasteiger partial charge >= 0.3 is 0 Å². The van der Waals surface area contributed by atoms with Crippen LogP contribution in [0, 0.1) is 0 Å². The molecule has 86 valence electrons. The van der Waals surface area contributed by atoms with Gasteiger partial charge < -0.3 is 0 Å². The summed E-state index contributed by atoms with van der Waals surface area (Å²) in [5.74, 6) is 0. The highest BCUT2D eigenvalue weighted by Gasteiger charge is 2.12. The van der Waals surface area contributed by atoms with Crippen LogP contribution in [0.4, 0.5) is 0 Å². The van der Waals surface area contributed by atoms with E-state index < -0.39 is 0 Å². The van der Waals surface area contributed by atoms with Crippen molar-refractivity contribution in [2.45, 2.75) is 6.42 Å². The first kappa shape index (κ1) is 13.0.